The van der Waals surface area contributed by atoms with Crippen LogP contribution in [-0.2, 0) is 9.53 Å². The Hall–Kier alpha value is -1.82. The molecule has 3 N–H and O–H groups in total. The second-order valence-electron chi connectivity index (χ2n) is 6.48. The summed E-state index contributed by atoms with van der Waals surface area (Å²) in [5, 5.41) is 3.80. The normalized spacial score (nSPS) is 27.4. The van der Waals surface area contributed by atoms with Crippen LogP contribution in [0.15, 0.2) is 36.5 Å². The van der Waals surface area contributed by atoms with Crippen molar-refractivity contribution in [3.63, 3.8) is 0 Å². The van der Waals surface area contributed by atoms with E-state index in [-0.39, 0.29) is 30.0 Å². The summed E-state index contributed by atoms with van der Waals surface area (Å²) in [6, 6.07) is 8.74. The van der Waals surface area contributed by atoms with Crippen molar-refractivity contribution < 1.29 is 9.53 Å². The molecule has 130 valence electrons. The lowest BCUT2D eigenvalue weighted by atomic mass is 9.75. The Labute approximate surface area is 155 Å². The van der Waals surface area contributed by atoms with Gasteiger partial charge in [-0.25, -0.2) is 4.98 Å². The summed E-state index contributed by atoms with van der Waals surface area (Å²) in [4.78, 5) is 17.1. The highest BCUT2D eigenvalue weighted by Gasteiger charge is 2.52. The number of aromatic nitrogens is 1. The third-order valence-electron chi connectivity index (χ3n) is 4.96. The number of anilines is 2. The Bertz CT molecular complexity index is 812. The zero-order valence-corrected chi connectivity index (χ0v) is 14.8. The molecule has 2 aliphatic heterocycles. The van der Waals surface area contributed by atoms with E-state index < -0.39 is 0 Å². The van der Waals surface area contributed by atoms with Crippen molar-refractivity contribution in [2.24, 2.45) is 5.92 Å². The zero-order valence-electron chi connectivity index (χ0n) is 13.3. The molecule has 0 unspecified atom stereocenters. The number of hydrogen-bond donors (Lipinski definition) is 2. The summed E-state index contributed by atoms with van der Waals surface area (Å²) in [7, 11) is 0. The van der Waals surface area contributed by atoms with Gasteiger partial charge in [-0.05, 0) is 42.7 Å². The van der Waals surface area contributed by atoms with Gasteiger partial charge in [-0.1, -0.05) is 29.3 Å². The Balaban J connectivity index is 1.59. The molecule has 2 aliphatic rings. The van der Waals surface area contributed by atoms with Crippen LogP contribution in [0, 0.1) is 5.92 Å². The first kappa shape index (κ1) is 16.6. The minimum absolute atomic E-state index is 0.0189. The first-order chi connectivity index (χ1) is 12.0. The van der Waals surface area contributed by atoms with Crippen molar-refractivity contribution in [3.8, 4) is 0 Å². The standard InChI is InChI=1S/C18H17Cl2N3O2/c19-11-3-2-10(7-12(11)20)23-18(24)17-14-5-4-13(25-14)16(17)9-1-6-15(21)22-8-9/h1-3,6-8,13-14,16-17H,4-5H2,(H2,21,22)(H,23,24)/t13-,14+,16-,17-/m0/s1. The van der Waals surface area contributed by atoms with Gasteiger partial charge in [0, 0.05) is 17.8 Å². The highest BCUT2D eigenvalue weighted by atomic mass is 35.5. The molecule has 0 aliphatic carbocycles. The third kappa shape index (κ3) is 3.08. The number of nitrogens with two attached hydrogens (primary N) is 1. The number of pyridine rings is 1. The molecular formula is C18H17Cl2N3O2. The largest absolute Gasteiger partial charge is 0.384 e. The molecule has 4 rings (SSSR count). The average molecular weight is 378 g/mol. The second-order valence-corrected chi connectivity index (χ2v) is 7.29. The van der Waals surface area contributed by atoms with Crippen molar-refractivity contribution in [2.45, 2.75) is 31.0 Å². The molecule has 2 aromatic rings. The highest BCUT2D eigenvalue weighted by Crippen LogP contribution is 2.49. The number of amides is 1. The number of carbonyl (C=O) groups is 1. The van der Waals surface area contributed by atoms with E-state index in [2.05, 4.69) is 10.3 Å². The van der Waals surface area contributed by atoms with Crippen LogP contribution in [0.3, 0.4) is 0 Å². The molecule has 5 nitrogen and oxygen atoms in total. The Morgan fingerprint density at radius 3 is 2.68 bits per heavy atom. The van der Waals surface area contributed by atoms with E-state index in [0.29, 0.717) is 21.6 Å². The molecular weight excluding hydrogens is 361 g/mol. The number of nitrogens with one attached hydrogen (secondary N) is 1. The summed E-state index contributed by atoms with van der Waals surface area (Å²) >= 11 is 12.0. The quantitative estimate of drug-likeness (QED) is 0.850. The number of ether oxygens (including phenoxy) is 1. The van der Waals surface area contributed by atoms with Crippen LogP contribution in [-0.4, -0.2) is 23.1 Å². The molecule has 1 amide bonds. The fourth-order valence-electron chi connectivity index (χ4n) is 3.85. The van der Waals surface area contributed by atoms with E-state index in [0.717, 1.165) is 18.4 Å². The zero-order chi connectivity index (χ0) is 17.6. The lowest BCUT2D eigenvalue weighted by Crippen LogP contribution is -2.36. The summed E-state index contributed by atoms with van der Waals surface area (Å²) in [6.45, 7) is 0. The van der Waals surface area contributed by atoms with E-state index in [1.807, 2.05) is 6.07 Å². The topological polar surface area (TPSA) is 77.2 Å². The van der Waals surface area contributed by atoms with Crippen molar-refractivity contribution >= 4 is 40.6 Å². The van der Waals surface area contributed by atoms with Gasteiger partial charge >= 0.3 is 0 Å². The van der Waals surface area contributed by atoms with Crippen LogP contribution < -0.4 is 11.1 Å². The first-order valence-electron chi connectivity index (χ1n) is 8.16. The van der Waals surface area contributed by atoms with Crippen LogP contribution in [0.5, 0.6) is 0 Å². The smallest absolute Gasteiger partial charge is 0.230 e. The van der Waals surface area contributed by atoms with Gasteiger partial charge in [0.2, 0.25) is 5.91 Å². The molecule has 0 radical (unpaired) electrons. The molecule has 1 aromatic heterocycles. The van der Waals surface area contributed by atoms with E-state index in [4.69, 9.17) is 33.7 Å². The number of hydrogen-bond acceptors (Lipinski definition) is 4. The van der Waals surface area contributed by atoms with Gasteiger partial charge < -0.3 is 15.8 Å². The summed E-state index contributed by atoms with van der Waals surface area (Å²) in [5.41, 5.74) is 7.28. The van der Waals surface area contributed by atoms with Crippen molar-refractivity contribution in [1.82, 2.24) is 4.98 Å². The van der Waals surface area contributed by atoms with Crippen LogP contribution in [0.1, 0.15) is 24.3 Å². The fourth-order valence-corrected chi connectivity index (χ4v) is 4.15. The van der Waals surface area contributed by atoms with Gasteiger partial charge in [-0.2, -0.15) is 0 Å². The summed E-state index contributed by atoms with van der Waals surface area (Å²) in [6.07, 6.45) is 3.55. The number of nitrogens with zero attached hydrogens (tertiary/aromatic N) is 1. The lowest BCUT2D eigenvalue weighted by molar-refractivity contribution is -0.121. The molecule has 2 fully saturated rings. The Kier molecular flexibility index (Phi) is 4.31. The molecule has 4 atom stereocenters. The van der Waals surface area contributed by atoms with Crippen LogP contribution in [0.25, 0.3) is 0 Å². The van der Waals surface area contributed by atoms with Crippen molar-refractivity contribution in [3.05, 3.63) is 52.1 Å². The molecule has 25 heavy (non-hydrogen) atoms. The molecule has 0 saturated carbocycles. The van der Waals surface area contributed by atoms with E-state index in [1.165, 1.54) is 0 Å². The van der Waals surface area contributed by atoms with Crippen LogP contribution in [0.2, 0.25) is 10.0 Å². The second kappa shape index (κ2) is 6.48. The number of rotatable bonds is 3. The SMILES string of the molecule is Nc1ccc([C@@H]2[C@@H](C(=O)Nc3ccc(Cl)c(Cl)c3)[C@H]3CC[C@@H]2O3)cn1. The fraction of sp³-hybridized carbons (Fsp3) is 0.333. The van der Waals surface area contributed by atoms with Gasteiger partial charge in [-0.15, -0.1) is 0 Å². The number of halogens is 2. The molecule has 2 bridgehead atoms. The van der Waals surface area contributed by atoms with Crippen molar-refractivity contribution in [2.75, 3.05) is 11.1 Å². The van der Waals surface area contributed by atoms with Gasteiger partial charge in [0.05, 0.1) is 28.2 Å². The lowest BCUT2D eigenvalue weighted by Gasteiger charge is -2.27. The molecule has 1 aromatic carbocycles. The van der Waals surface area contributed by atoms with Gasteiger partial charge in [0.25, 0.3) is 0 Å². The van der Waals surface area contributed by atoms with Gasteiger partial charge in [-0.3, -0.25) is 4.79 Å². The number of fused-ring (bicyclic) bond motifs is 2. The van der Waals surface area contributed by atoms with E-state index >= 15 is 0 Å². The van der Waals surface area contributed by atoms with Crippen molar-refractivity contribution in [1.29, 1.82) is 0 Å². The Morgan fingerprint density at radius 2 is 1.96 bits per heavy atom. The van der Waals surface area contributed by atoms with E-state index in [9.17, 15) is 4.79 Å². The highest BCUT2D eigenvalue weighted by molar-refractivity contribution is 6.42. The van der Waals surface area contributed by atoms with Crippen LogP contribution >= 0.6 is 23.2 Å². The molecule has 0 spiro atoms. The molecule has 3 heterocycles. The van der Waals surface area contributed by atoms with E-state index in [1.54, 1.807) is 30.5 Å². The summed E-state index contributed by atoms with van der Waals surface area (Å²) in [5.74, 6) is 0.102. The number of carbonyl (C=O) groups excluding carboxylic acids is 1. The number of nitrogen functional groups attached to an aromatic ring is 1. The summed E-state index contributed by atoms with van der Waals surface area (Å²) < 4.78 is 6.02. The monoisotopic (exact) mass is 377 g/mol. The predicted molar refractivity (Wildman–Crippen MR) is 97.9 cm³/mol. The molecule has 7 heteroatoms. The maximum absolute atomic E-state index is 12.9. The van der Waals surface area contributed by atoms with Gasteiger partial charge in [0.15, 0.2) is 0 Å². The van der Waals surface area contributed by atoms with Gasteiger partial charge in [0.1, 0.15) is 5.82 Å². The van der Waals surface area contributed by atoms with Crippen LogP contribution in [0.4, 0.5) is 11.5 Å². The third-order valence-corrected chi connectivity index (χ3v) is 5.70. The maximum Gasteiger partial charge on any atom is 0.230 e. The number of benzene rings is 1. The Morgan fingerprint density at radius 1 is 1.16 bits per heavy atom. The first-order valence-corrected chi connectivity index (χ1v) is 8.91. The minimum atomic E-state index is -0.265. The molecule has 2 saturated heterocycles. The maximum atomic E-state index is 12.9. The average Bonchev–Trinajstić information content (AvgIpc) is 3.20. The minimum Gasteiger partial charge on any atom is -0.384 e. The predicted octanol–water partition coefficient (Wildman–Crippen LogP) is 3.87.